The topological polar surface area (TPSA) is 91.8 Å². The van der Waals surface area contributed by atoms with Gasteiger partial charge in [0, 0.05) is 3.57 Å². The molecule has 0 saturated carbocycles. The highest BCUT2D eigenvalue weighted by atomic mass is 127. The molecule has 0 bridgehead atoms. The smallest absolute Gasteiger partial charge is 0.337 e. The molecule has 8 heteroatoms. The molecule has 0 radical (unpaired) electrons. The van der Waals surface area contributed by atoms with Gasteiger partial charge in [0.15, 0.2) is 4.75 Å². The van der Waals surface area contributed by atoms with E-state index < -0.39 is 26.6 Å². The van der Waals surface area contributed by atoms with Gasteiger partial charge in [-0.25, -0.2) is 17.5 Å². The molecular weight excluding hydrogens is 385 g/mol. The van der Waals surface area contributed by atoms with E-state index in [-0.39, 0.29) is 11.3 Å². The fourth-order valence-corrected chi connectivity index (χ4v) is 3.74. The van der Waals surface area contributed by atoms with Crippen LogP contribution in [0.3, 0.4) is 0 Å². The first-order valence-electron chi connectivity index (χ1n) is 5.23. The van der Waals surface area contributed by atoms with Crippen molar-refractivity contribution in [3.05, 3.63) is 27.3 Å². The maximum atomic E-state index is 12.1. The van der Waals surface area contributed by atoms with Crippen molar-refractivity contribution >= 4 is 50.2 Å². The lowest BCUT2D eigenvalue weighted by Gasteiger charge is -2.43. The Balaban J connectivity index is 2.63. The van der Waals surface area contributed by atoms with Gasteiger partial charge in [0.25, 0.3) is 15.9 Å². The molecule has 19 heavy (non-hydrogen) atoms. The highest BCUT2D eigenvalue weighted by Gasteiger charge is 2.61. The summed E-state index contributed by atoms with van der Waals surface area (Å²) in [5.41, 5.74) is -0.323. The van der Waals surface area contributed by atoms with E-state index in [1.54, 1.807) is 6.07 Å². The molecule has 2 rings (SSSR count). The number of aromatic carboxylic acids is 1. The minimum absolute atomic E-state index is 0.114. The van der Waals surface area contributed by atoms with Gasteiger partial charge in [-0.05, 0) is 54.6 Å². The van der Waals surface area contributed by atoms with Crippen molar-refractivity contribution in [3.63, 3.8) is 0 Å². The minimum atomic E-state index is -3.85. The molecule has 1 amide bonds. The quantitative estimate of drug-likeness (QED) is 0.766. The second-order valence-electron chi connectivity index (χ2n) is 4.55. The highest BCUT2D eigenvalue weighted by Crippen LogP contribution is 2.40. The van der Waals surface area contributed by atoms with Crippen LogP contribution in [0.5, 0.6) is 0 Å². The van der Waals surface area contributed by atoms with Crippen LogP contribution in [-0.4, -0.2) is 30.1 Å². The van der Waals surface area contributed by atoms with Crippen molar-refractivity contribution in [2.24, 2.45) is 0 Å². The van der Waals surface area contributed by atoms with Gasteiger partial charge in [-0.2, -0.15) is 0 Å². The molecule has 1 saturated heterocycles. The van der Waals surface area contributed by atoms with Crippen molar-refractivity contribution in [2.45, 2.75) is 18.6 Å². The van der Waals surface area contributed by atoms with Gasteiger partial charge in [0.05, 0.1) is 11.3 Å². The maximum absolute atomic E-state index is 12.1. The molecule has 0 unspecified atom stereocenters. The van der Waals surface area contributed by atoms with Crippen LogP contribution in [0.4, 0.5) is 5.69 Å². The van der Waals surface area contributed by atoms with Crippen molar-refractivity contribution < 1.29 is 23.1 Å². The summed E-state index contributed by atoms with van der Waals surface area (Å²) in [6.07, 6.45) is 0. The molecular formula is C11H10INO5S. The molecule has 1 aromatic carbocycles. The van der Waals surface area contributed by atoms with E-state index in [0.29, 0.717) is 7.88 Å². The van der Waals surface area contributed by atoms with Crippen LogP contribution in [0, 0.1) is 3.57 Å². The van der Waals surface area contributed by atoms with Gasteiger partial charge in [-0.1, -0.05) is 0 Å². The number of nitrogens with zero attached hydrogens (tertiary/aromatic N) is 1. The van der Waals surface area contributed by atoms with E-state index in [0.717, 1.165) is 0 Å². The number of halogens is 1. The summed E-state index contributed by atoms with van der Waals surface area (Å²) >= 11 is 1.91. The van der Waals surface area contributed by atoms with Crippen LogP contribution in [0.2, 0.25) is 0 Å². The predicted molar refractivity (Wildman–Crippen MR) is 76.6 cm³/mol. The SMILES string of the molecule is CC1(C)C(=O)N(c2ccc(I)cc2C(=O)O)S1(=O)=O. The number of carboxylic acids is 1. The summed E-state index contributed by atoms with van der Waals surface area (Å²) < 4.78 is 23.8. The second-order valence-corrected chi connectivity index (χ2v) is 8.13. The fraction of sp³-hybridized carbons (Fsp3) is 0.273. The van der Waals surface area contributed by atoms with E-state index in [1.165, 1.54) is 26.0 Å². The molecule has 0 aromatic heterocycles. The average Bonchev–Trinajstić information content (AvgIpc) is 2.30. The highest BCUT2D eigenvalue weighted by molar-refractivity contribution is 14.1. The van der Waals surface area contributed by atoms with Crippen LogP contribution in [0.1, 0.15) is 24.2 Å². The van der Waals surface area contributed by atoms with Crippen molar-refractivity contribution in [1.29, 1.82) is 0 Å². The largest absolute Gasteiger partial charge is 0.478 e. The standard InChI is InChI=1S/C11H10INO5S/c1-11(2)10(16)13(19(11,17)18)8-4-3-6(12)5-7(8)9(14)15/h3-5H,1-2H3,(H,14,15). The lowest BCUT2D eigenvalue weighted by molar-refractivity contribution is -0.120. The Morgan fingerprint density at radius 1 is 1.37 bits per heavy atom. The lowest BCUT2D eigenvalue weighted by atomic mass is 10.1. The molecule has 1 aliphatic heterocycles. The Morgan fingerprint density at radius 2 is 1.95 bits per heavy atom. The van der Waals surface area contributed by atoms with E-state index in [4.69, 9.17) is 5.11 Å². The molecule has 0 aliphatic carbocycles. The lowest BCUT2D eigenvalue weighted by Crippen LogP contribution is -2.68. The van der Waals surface area contributed by atoms with Crippen LogP contribution in [-0.2, 0) is 14.8 Å². The van der Waals surface area contributed by atoms with Gasteiger partial charge in [-0.15, -0.1) is 0 Å². The first-order valence-corrected chi connectivity index (χ1v) is 7.74. The Labute approximate surface area is 123 Å². The third-order valence-electron chi connectivity index (χ3n) is 2.99. The van der Waals surface area contributed by atoms with Crippen LogP contribution >= 0.6 is 22.6 Å². The summed E-state index contributed by atoms with van der Waals surface area (Å²) in [5.74, 6) is -1.91. The Morgan fingerprint density at radius 3 is 2.42 bits per heavy atom. The summed E-state index contributed by atoms with van der Waals surface area (Å²) in [4.78, 5) is 23.1. The zero-order chi connectivity index (χ0) is 14.6. The number of carboxylic acid groups (broad SMARTS) is 1. The van der Waals surface area contributed by atoms with Gasteiger partial charge < -0.3 is 5.11 Å². The summed E-state index contributed by atoms with van der Waals surface area (Å²) in [5, 5.41) is 9.11. The first kappa shape index (κ1) is 14.3. The summed E-state index contributed by atoms with van der Waals surface area (Å²) in [6, 6.07) is 4.21. The van der Waals surface area contributed by atoms with E-state index in [1.807, 2.05) is 22.6 Å². The molecule has 102 valence electrons. The molecule has 1 aliphatic rings. The average molecular weight is 395 g/mol. The molecule has 1 N–H and O–H groups in total. The number of hydrogen-bond donors (Lipinski definition) is 1. The van der Waals surface area contributed by atoms with E-state index >= 15 is 0 Å². The predicted octanol–water partition coefficient (Wildman–Crippen LogP) is 1.44. The number of rotatable bonds is 2. The zero-order valence-corrected chi connectivity index (χ0v) is 13.0. The van der Waals surface area contributed by atoms with Gasteiger partial charge in [0.2, 0.25) is 0 Å². The molecule has 0 spiro atoms. The van der Waals surface area contributed by atoms with Gasteiger partial charge in [0.1, 0.15) is 0 Å². The maximum Gasteiger partial charge on any atom is 0.337 e. The van der Waals surface area contributed by atoms with Crippen LogP contribution in [0.15, 0.2) is 18.2 Å². The normalized spacial score (nSPS) is 19.9. The molecule has 1 aromatic rings. The van der Waals surface area contributed by atoms with Crippen molar-refractivity contribution in [1.82, 2.24) is 0 Å². The summed E-state index contributed by atoms with van der Waals surface area (Å²) in [7, 11) is -3.85. The van der Waals surface area contributed by atoms with E-state index in [9.17, 15) is 18.0 Å². The summed E-state index contributed by atoms with van der Waals surface area (Å²) in [6.45, 7) is 2.60. The molecule has 6 nitrogen and oxygen atoms in total. The van der Waals surface area contributed by atoms with Crippen molar-refractivity contribution in [3.8, 4) is 0 Å². The third-order valence-corrected chi connectivity index (χ3v) is 5.97. The van der Waals surface area contributed by atoms with E-state index in [2.05, 4.69) is 0 Å². The fourth-order valence-electron chi connectivity index (χ4n) is 1.75. The Hall–Kier alpha value is -1.16. The first-order chi connectivity index (χ1) is 8.60. The Bertz CT molecular complexity index is 695. The minimum Gasteiger partial charge on any atom is -0.478 e. The number of amides is 1. The zero-order valence-electron chi connectivity index (χ0n) is 10.0. The van der Waals surface area contributed by atoms with Crippen LogP contribution < -0.4 is 4.31 Å². The third kappa shape index (κ3) is 1.84. The second kappa shape index (κ2) is 4.17. The van der Waals surface area contributed by atoms with Gasteiger partial charge >= 0.3 is 5.97 Å². The number of benzene rings is 1. The van der Waals surface area contributed by atoms with Crippen LogP contribution in [0.25, 0.3) is 0 Å². The van der Waals surface area contributed by atoms with Crippen molar-refractivity contribution in [2.75, 3.05) is 4.31 Å². The number of carbonyl (C=O) groups excluding carboxylic acids is 1. The monoisotopic (exact) mass is 395 g/mol. The Kier molecular flexibility index (Phi) is 3.13. The number of carbonyl (C=O) groups is 2. The molecule has 1 heterocycles. The number of sulfonamides is 1. The van der Waals surface area contributed by atoms with Gasteiger partial charge in [-0.3, -0.25) is 4.79 Å². The molecule has 1 fully saturated rings. The number of anilines is 1. The number of hydrogen-bond acceptors (Lipinski definition) is 4. The molecule has 0 atom stereocenters.